The van der Waals surface area contributed by atoms with Crippen LogP contribution >= 0.6 is 0 Å². The van der Waals surface area contributed by atoms with Crippen molar-refractivity contribution >= 4 is 5.97 Å². The molecule has 0 spiro atoms. The molecule has 5 nitrogen and oxygen atoms in total. The van der Waals surface area contributed by atoms with Crippen LogP contribution in [0.5, 0.6) is 5.75 Å². The van der Waals surface area contributed by atoms with Crippen molar-refractivity contribution in [3.8, 4) is 5.75 Å². The molecule has 1 aliphatic carbocycles. The normalized spacial score (nSPS) is 17.2. The maximum absolute atomic E-state index is 13.7. The number of aromatic amines is 1. The number of rotatable bonds is 4. The van der Waals surface area contributed by atoms with Crippen molar-refractivity contribution < 1.29 is 31.8 Å². The lowest BCUT2D eigenvalue weighted by atomic mass is 9.82. The Morgan fingerprint density at radius 1 is 1.25 bits per heavy atom. The Bertz CT molecular complexity index is 1020. The summed E-state index contributed by atoms with van der Waals surface area (Å²) < 4.78 is 61.7. The number of benzene rings is 1. The molecule has 1 N–H and O–H groups in total. The summed E-state index contributed by atoms with van der Waals surface area (Å²) in [5, 5.41) is 0. The van der Waals surface area contributed by atoms with E-state index < -0.39 is 34.9 Å². The van der Waals surface area contributed by atoms with Crippen LogP contribution < -0.4 is 10.2 Å². The zero-order chi connectivity index (χ0) is 24.1. The summed E-state index contributed by atoms with van der Waals surface area (Å²) in [6.45, 7) is 5.08. The van der Waals surface area contributed by atoms with E-state index in [9.17, 15) is 27.2 Å². The second-order valence-corrected chi connectivity index (χ2v) is 7.62. The van der Waals surface area contributed by atoms with E-state index in [1.165, 1.54) is 19.2 Å². The largest absolute Gasteiger partial charge is 0.494 e. The number of ether oxygens (including phenoxy) is 2. The number of hydrogen-bond donors (Lipinski definition) is 1. The van der Waals surface area contributed by atoms with Crippen molar-refractivity contribution in [2.45, 2.75) is 58.3 Å². The standard InChI is InChI=1S/C16H21F2NO3.C7H6F2O/c1-4-22-15(21)12-13(19-10(3)9(2)14(12)20)11-6-5-7-16(17,18)8-11;1-10-6-4-2-3-5(8)7(6)9/h11H,4-8H2,1-3H3,(H,19,20);2-4H,1H3. The van der Waals surface area contributed by atoms with Crippen LogP contribution in [0.3, 0.4) is 0 Å². The summed E-state index contributed by atoms with van der Waals surface area (Å²) in [7, 11) is 1.29. The van der Waals surface area contributed by atoms with E-state index in [1.54, 1.807) is 20.8 Å². The van der Waals surface area contributed by atoms with E-state index in [-0.39, 0.29) is 30.8 Å². The zero-order valence-electron chi connectivity index (χ0n) is 18.5. The van der Waals surface area contributed by atoms with Gasteiger partial charge in [-0.05, 0) is 45.7 Å². The van der Waals surface area contributed by atoms with Crippen LogP contribution in [0.4, 0.5) is 17.6 Å². The molecule has 1 unspecified atom stereocenters. The SMILES string of the molecule is CCOC(=O)c1c(C2CCCC(F)(F)C2)[nH]c(C)c(C)c1=O.COc1cccc(F)c1F. The number of aromatic nitrogens is 1. The van der Waals surface area contributed by atoms with Gasteiger partial charge in [-0.15, -0.1) is 0 Å². The molecule has 0 radical (unpaired) electrons. The predicted molar refractivity (Wildman–Crippen MR) is 112 cm³/mol. The van der Waals surface area contributed by atoms with Crippen LogP contribution in [0.2, 0.25) is 0 Å². The third-order valence-electron chi connectivity index (χ3n) is 5.39. The van der Waals surface area contributed by atoms with Crippen molar-refractivity contribution in [1.82, 2.24) is 4.98 Å². The molecular weight excluding hydrogens is 430 g/mol. The number of carbonyl (C=O) groups is 1. The number of pyridine rings is 1. The van der Waals surface area contributed by atoms with Crippen LogP contribution in [0, 0.1) is 25.5 Å². The number of H-pyrrole nitrogens is 1. The Labute approximate surface area is 183 Å². The fourth-order valence-corrected chi connectivity index (χ4v) is 3.61. The molecule has 0 bridgehead atoms. The van der Waals surface area contributed by atoms with Gasteiger partial charge in [0.05, 0.1) is 13.7 Å². The molecule has 1 aliphatic rings. The first-order valence-corrected chi connectivity index (χ1v) is 10.3. The van der Waals surface area contributed by atoms with Crippen LogP contribution in [-0.2, 0) is 4.74 Å². The fourth-order valence-electron chi connectivity index (χ4n) is 3.61. The average Bonchev–Trinajstić information content (AvgIpc) is 2.73. The van der Waals surface area contributed by atoms with Crippen molar-refractivity contribution in [2.75, 3.05) is 13.7 Å². The van der Waals surface area contributed by atoms with Gasteiger partial charge in [0, 0.05) is 35.7 Å². The Morgan fingerprint density at radius 3 is 2.50 bits per heavy atom. The van der Waals surface area contributed by atoms with Gasteiger partial charge < -0.3 is 14.5 Å². The minimum atomic E-state index is -2.76. The lowest BCUT2D eigenvalue weighted by Gasteiger charge is -2.30. The molecule has 3 rings (SSSR count). The Morgan fingerprint density at radius 2 is 1.94 bits per heavy atom. The fraction of sp³-hybridized carbons (Fsp3) is 0.478. The first kappa shape index (κ1) is 25.4. The number of hydrogen-bond acceptors (Lipinski definition) is 4. The minimum Gasteiger partial charge on any atom is -0.494 e. The first-order valence-electron chi connectivity index (χ1n) is 10.3. The van der Waals surface area contributed by atoms with Gasteiger partial charge in [-0.3, -0.25) is 4.79 Å². The van der Waals surface area contributed by atoms with Gasteiger partial charge in [0.1, 0.15) is 5.56 Å². The van der Waals surface area contributed by atoms with E-state index >= 15 is 0 Å². The van der Waals surface area contributed by atoms with Crippen LogP contribution in [0.25, 0.3) is 0 Å². The molecule has 2 aromatic rings. The third-order valence-corrected chi connectivity index (χ3v) is 5.39. The topological polar surface area (TPSA) is 68.4 Å². The number of carbonyl (C=O) groups excluding carboxylic acids is 1. The van der Waals surface area contributed by atoms with Gasteiger partial charge >= 0.3 is 5.97 Å². The summed E-state index contributed by atoms with van der Waals surface area (Å²) in [4.78, 5) is 27.5. The van der Waals surface area contributed by atoms with Gasteiger partial charge in [-0.1, -0.05) is 6.07 Å². The lowest BCUT2D eigenvalue weighted by molar-refractivity contribution is -0.0414. The number of aryl methyl sites for hydroxylation is 1. The molecule has 176 valence electrons. The highest BCUT2D eigenvalue weighted by molar-refractivity contribution is 5.91. The second-order valence-electron chi connectivity index (χ2n) is 7.62. The highest BCUT2D eigenvalue weighted by Gasteiger charge is 2.39. The summed E-state index contributed by atoms with van der Waals surface area (Å²) in [6.07, 6.45) is 0.403. The van der Waals surface area contributed by atoms with E-state index in [0.717, 1.165) is 6.07 Å². The van der Waals surface area contributed by atoms with Gasteiger partial charge in [-0.2, -0.15) is 4.39 Å². The number of nitrogens with one attached hydrogen (secondary N) is 1. The highest BCUT2D eigenvalue weighted by Crippen LogP contribution is 2.41. The molecule has 1 aromatic carbocycles. The highest BCUT2D eigenvalue weighted by atomic mass is 19.3. The summed E-state index contributed by atoms with van der Waals surface area (Å²) in [5.74, 6) is -5.93. The number of methoxy groups -OCH3 is 1. The molecule has 1 aromatic heterocycles. The van der Waals surface area contributed by atoms with E-state index in [1.807, 2.05) is 0 Å². The van der Waals surface area contributed by atoms with Crippen molar-refractivity contribution in [3.63, 3.8) is 0 Å². The van der Waals surface area contributed by atoms with Crippen LogP contribution in [-0.4, -0.2) is 30.6 Å². The van der Waals surface area contributed by atoms with Gasteiger partial charge in [0.25, 0.3) is 0 Å². The molecule has 1 fully saturated rings. The molecule has 1 saturated carbocycles. The van der Waals surface area contributed by atoms with Crippen molar-refractivity contribution in [2.24, 2.45) is 0 Å². The molecule has 9 heteroatoms. The summed E-state index contributed by atoms with van der Waals surface area (Å²) >= 11 is 0. The molecule has 0 aliphatic heterocycles. The first-order chi connectivity index (χ1) is 15.0. The molecule has 0 saturated heterocycles. The summed E-state index contributed by atoms with van der Waals surface area (Å²) in [6, 6.07) is 3.79. The maximum atomic E-state index is 13.7. The minimum absolute atomic E-state index is 0.0694. The van der Waals surface area contributed by atoms with Crippen molar-refractivity contribution in [1.29, 1.82) is 0 Å². The Kier molecular flexibility index (Phi) is 8.46. The number of esters is 1. The maximum Gasteiger partial charge on any atom is 0.343 e. The molecule has 1 atom stereocenters. The number of alkyl halides is 2. The average molecular weight is 457 g/mol. The van der Waals surface area contributed by atoms with Crippen LogP contribution in [0.15, 0.2) is 23.0 Å². The van der Waals surface area contributed by atoms with Gasteiger partial charge in [-0.25, -0.2) is 18.0 Å². The summed E-state index contributed by atoms with van der Waals surface area (Å²) in [5.41, 5.74) is 0.758. The van der Waals surface area contributed by atoms with Gasteiger partial charge in [0.2, 0.25) is 11.7 Å². The molecule has 32 heavy (non-hydrogen) atoms. The Balaban J connectivity index is 0.000000303. The quantitative estimate of drug-likeness (QED) is 0.491. The monoisotopic (exact) mass is 457 g/mol. The Hall–Kier alpha value is -2.84. The number of halogens is 4. The third kappa shape index (κ3) is 5.89. The molecule has 1 heterocycles. The zero-order valence-corrected chi connectivity index (χ0v) is 18.5. The molecular formula is C23H27F4NO4. The molecule has 0 amide bonds. The van der Waals surface area contributed by atoms with E-state index in [2.05, 4.69) is 9.72 Å². The van der Waals surface area contributed by atoms with Crippen molar-refractivity contribution in [3.05, 3.63) is 62.6 Å². The van der Waals surface area contributed by atoms with E-state index in [4.69, 9.17) is 4.74 Å². The van der Waals surface area contributed by atoms with Crippen LogP contribution in [0.1, 0.15) is 65.8 Å². The van der Waals surface area contributed by atoms with Gasteiger partial charge in [0.15, 0.2) is 17.0 Å². The smallest absolute Gasteiger partial charge is 0.343 e. The second kappa shape index (κ2) is 10.7. The predicted octanol–water partition coefficient (Wildman–Crippen LogP) is 5.43. The lowest BCUT2D eigenvalue weighted by Crippen LogP contribution is -2.30. The van der Waals surface area contributed by atoms with E-state index in [0.29, 0.717) is 29.8 Å².